The molecule has 7 heteroatoms. The molecule has 2 aromatic carbocycles. The first-order valence-electron chi connectivity index (χ1n) is 8.19. The maximum absolute atomic E-state index is 13.0. The fourth-order valence-electron chi connectivity index (χ4n) is 2.21. The van der Waals surface area contributed by atoms with Gasteiger partial charge in [-0.15, -0.1) is 11.3 Å². The molecular weight excluding hydrogens is 385 g/mol. The van der Waals surface area contributed by atoms with E-state index in [0.717, 1.165) is 16.8 Å². The molecule has 0 radical (unpaired) electrons. The molecule has 1 heterocycles. The second kappa shape index (κ2) is 8.10. The first-order chi connectivity index (χ1) is 12.8. The van der Waals surface area contributed by atoms with Gasteiger partial charge in [0, 0.05) is 5.38 Å². The van der Waals surface area contributed by atoms with Crippen LogP contribution in [-0.2, 0) is 11.4 Å². The second-order valence-electron chi connectivity index (χ2n) is 6.34. The number of nitrogens with zero attached hydrogens (tertiary/aromatic N) is 1. The first-order valence-corrected chi connectivity index (χ1v) is 9.89. The van der Waals surface area contributed by atoms with Gasteiger partial charge in [0.05, 0.1) is 5.69 Å². The minimum Gasteiger partial charge on any atom is -0.487 e. The Labute approximate surface area is 165 Å². The van der Waals surface area contributed by atoms with Gasteiger partial charge in [0.25, 0.3) is 0 Å². The number of aliphatic carboxylic acids is 1. The van der Waals surface area contributed by atoms with Crippen molar-refractivity contribution in [3.63, 3.8) is 0 Å². The summed E-state index contributed by atoms with van der Waals surface area (Å²) < 4.78 is 18.5. The number of benzene rings is 2. The van der Waals surface area contributed by atoms with E-state index in [0.29, 0.717) is 16.7 Å². The van der Waals surface area contributed by atoms with Crippen molar-refractivity contribution in [1.82, 2.24) is 4.98 Å². The normalized spacial score (nSPS) is 11.4. The van der Waals surface area contributed by atoms with Crippen LogP contribution >= 0.6 is 23.1 Å². The number of thioether (sulfide) groups is 1. The highest BCUT2D eigenvalue weighted by atomic mass is 32.2. The van der Waals surface area contributed by atoms with Crippen LogP contribution in [-0.4, -0.2) is 20.8 Å². The second-order valence-corrected chi connectivity index (χ2v) is 9.07. The molecule has 0 spiro atoms. The lowest BCUT2D eigenvalue weighted by molar-refractivity contribution is -0.138. The van der Waals surface area contributed by atoms with E-state index in [9.17, 15) is 14.3 Å². The van der Waals surface area contributed by atoms with Crippen LogP contribution in [0.4, 0.5) is 4.39 Å². The van der Waals surface area contributed by atoms with Crippen molar-refractivity contribution in [2.24, 2.45) is 0 Å². The van der Waals surface area contributed by atoms with E-state index in [1.54, 1.807) is 26.0 Å². The SMILES string of the molecule is CC(C)(Sc1nc(COc2ccc(-c3ccc(F)cc3)cc2)cs1)C(=O)O. The lowest BCUT2D eigenvalue weighted by atomic mass is 10.1. The van der Waals surface area contributed by atoms with Crippen molar-refractivity contribution < 1.29 is 19.0 Å². The number of ether oxygens (including phenoxy) is 1. The first kappa shape index (κ1) is 19.4. The summed E-state index contributed by atoms with van der Waals surface area (Å²) in [6.07, 6.45) is 0. The van der Waals surface area contributed by atoms with Gasteiger partial charge in [-0.25, -0.2) is 9.37 Å². The number of hydrogen-bond donors (Lipinski definition) is 1. The largest absolute Gasteiger partial charge is 0.487 e. The summed E-state index contributed by atoms with van der Waals surface area (Å²) in [4.78, 5) is 15.6. The van der Waals surface area contributed by atoms with Crippen LogP contribution in [0, 0.1) is 5.82 Å². The molecule has 0 atom stereocenters. The lowest BCUT2D eigenvalue weighted by Crippen LogP contribution is -2.26. The molecule has 0 aliphatic carbocycles. The van der Waals surface area contributed by atoms with Crippen LogP contribution in [0.2, 0.25) is 0 Å². The molecule has 0 unspecified atom stereocenters. The molecule has 4 nitrogen and oxygen atoms in total. The molecule has 27 heavy (non-hydrogen) atoms. The number of aromatic nitrogens is 1. The van der Waals surface area contributed by atoms with Gasteiger partial charge in [-0.3, -0.25) is 4.79 Å². The molecular formula is C20H18FNO3S2. The van der Waals surface area contributed by atoms with Crippen LogP contribution in [0.5, 0.6) is 5.75 Å². The Hall–Kier alpha value is -2.38. The van der Waals surface area contributed by atoms with E-state index in [2.05, 4.69) is 4.98 Å². The fourth-order valence-corrected chi connectivity index (χ4v) is 4.38. The number of halogens is 1. The quantitative estimate of drug-likeness (QED) is 0.529. The molecule has 1 N–H and O–H groups in total. The molecule has 1 aromatic heterocycles. The van der Waals surface area contributed by atoms with E-state index >= 15 is 0 Å². The summed E-state index contributed by atoms with van der Waals surface area (Å²) in [5, 5.41) is 11.1. The zero-order chi connectivity index (χ0) is 19.4. The molecule has 0 saturated heterocycles. The average molecular weight is 404 g/mol. The zero-order valence-electron chi connectivity index (χ0n) is 14.8. The van der Waals surface area contributed by atoms with E-state index in [4.69, 9.17) is 4.74 Å². The van der Waals surface area contributed by atoms with Gasteiger partial charge in [-0.1, -0.05) is 36.0 Å². The molecule has 0 amide bonds. The van der Waals surface area contributed by atoms with Crippen molar-refractivity contribution in [2.75, 3.05) is 0 Å². The van der Waals surface area contributed by atoms with Crippen LogP contribution in [0.15, 0.2) is 58.3 Å². The van der Waals surface area contributed by atoms with Gasteiger partial charge in [-0.05, 0) is 49.2 Å². The molecule has 3 aromatic rings. The Bertz CT molecular complexity index is 921. The Morgan fingerprint density at radius 3 is 2.33 bits per heavy atom. The number of carboxylic acid groups (broad SMARTS) is 1. The molecule has 3 rings (SSSR count). The van der Waals surface area contributed by atoms with Gasteiger partial charge in [0.1, 0.15) is 22.9 Å². The Morgan fingerprint density at radius 2 is 1.74 bits per heavy atom. The summed E-state index contributed by atoms with van der Waals surface area (Å²) in [6, 6.07) is 13.9. The predicted molar refractivity (Wildman–Crippen MR) is 106 cm³/mol. The highest BCUT2D eigenvalue weighted by molar-refractivity contribution is 8.02. The van der Waals surface area contributed by atoms with Gasteiger partial charge in [0.2, 0.25) is 0 Å². The highest BCUT2D eigenvalue weighted by Crippen LogP contribution is 2.34. The van der Waals surface area contributed by atoms with Crippen LogP contribution < -0.4 is 4.74 Å². The maximum atomic E-state index is 13.0. The monoisotopic (exact) mass is 403 g/mol. The Morgan fingerprint density at radius 1 is 1.15 bits per heavy atom. The van der Waals surface area contributed by atoms with Gasteiger partial charge in [-0.2, -0.15) is 0 Å². The van der Waals surface area contributed by atoms with Crippen molar-refractivity contribution in [2.45, 2.75) is 29.5 Å². The molecule has 0 aliphatic rings. The van der Waals surface area contributed by atoms with Gasteiger partial charge in [0.15, 0.2) is 4.34 Å². The summed E-state index contributed by atoms with van der Waals surface area (Å²) >= 11 is 2.63. The molecule has 0 saturated carbocycles. The van der Waals surface area contributed by atoms with Crippen molar-refractivity contribution in [3.05, 3.63) is 65.4 Å². The molecule has 0 fully saturated rings. The number of thiazole rings is 1. The number of hydrogen-bond acceptors (Lipinski definition) is 5. The summed E-state index contributed by atoms with van der Waals surface area (Å²) in [5.74, 6) is -0.429. The zero-order valence-corrected chi connectivity index (χ0v) is 16.4. The number of carbonyl (C=O) groups is 1. The van der Waals surface area contributed by atoms with Crippen molar-refractivity contribution in [3.8, 4) is 16.9 Å². The lowest BCUT2D eigenvalue weighted by Gasteiger charge is -2.15. The third-order valence-electron chi connectivity index (χ3n) is 3.81. The van der Waals surface area contributed by atoms with Crippen LogP contribution in [0.25, 0.3) is 11.1 Å². The smallest absolute Gasteiger partial charge is 0.319 e. The summed E-state index contributed by atoms with van der Waals surface area (Å²) in [7, 11) is 0. The number of carboxylic acids is 1. The standard InChI is InChI=1S/C20H18FNO3S2/c1-20(2,18(23)24)27-19-22-16(12-26-19)11-25-17-9-5-14(6-10-17)13-3-7-15(21)8-4-13/h3-10,12H,11H2,1-2H3,(H,23,24). The van der Waals surface area contributed by atoms with E-state index in [-0.39, 0.29) is 5.82 Å². The van der Waals surface area contributed by atoms with E-state index in [1.807, 2.05) is 29.6 Å². The third-order valence-corrected chi connectivity index (χ3v) is 5.98. The van der Waals surface area contributed by atoms with E-state index in [1.165, 1.54) is 35.2 Å². The predicted octanol–water partition coefficient (Wildman–Crippen LogP) is 5.48. The molecule has 140 valence electrons. The third kappa shape index (κ3) is 5.08. The fraction of sp³-hybridized carbons (Fsp3) is 0.200. The minimum absolute atomic E-state index is 0.258. The maximum Gasteiger partial charge on any atom is 0.319 e. The van der Waals surface area contributed by atoms with Crippen molar-refractivity contribution in [1.29, 1.82) is 0 Å². The highest BCUT2D eigenvalue weighted by Gasteiger charge is 2.29. The molecule has 0 aliphatic heterocycles. The Kier molecular flexibility index (Phi) is 5.82. The number of rotatable bonds is 7. The average Bonchev–Trinajstić information content (AvgIpc) is 3.08. The van der Waals surface area contributed by atoms with Gasteiger partial charge < -0.3 is 9.84 Å². The Balaban J connectivity index is 1.59. The van der Waals surface area contributed by atoms with Gasteiger partial charge >= 0.3 is 5.97 Å². The van der Waals surface area contributed by atoms with Crippen LogP contribution in [0.3, 0.4) is 0 Å². The minimum atomic E-state index is -0.924. The van der Waals surface area contributed by atoms with Crippen molar-refractivity contribution >= 4 is 29.1 Å². The van der Waals surface area contributed by atoms with E-state index < -0.39 is 10.7 Å². The topological polar surface area (TPSA) is 59.4 Å². The summed E-state index contributed by atoms with van der Waals surface area (Å²) in [6.45, 7) is 3.61. The molecule has 0 bridgehead atoms. The van der Waals surface area contributed by atoms with Crippen LogP contribution in [0.1, 0.15) is 19.5 Å². The summed E-state index contributed by atoms with van der Waals surface area (Å²) in [5.41, 5.74) is 2.67.